The number of alkyl halides is 3. The zero-order chi connectivity index (χ0) is 22.9. The highest BCUT2D eigenvalue weighted by Crippen LogP contribution is 2.32. The fourth-order valence-corrected chi connectivity index (χ4v) is 4.99. The van der Waals surface area contributed by atoms with Gasteiger partial charge in [0.15, 0.2) is 0 Å². The van der Waals surface area contributed by atoms with E-state index in [1.807, 2.05) is 18.2 Å². The average molecular weight is 464 g/mol. The summed E-state index contributed by atoms with van der Waals surface area (Å²) < 4.78 is 68.6. The van der Waals surface area contributed by atoms with Gasteiger partial charge < -0.3 is 4.57 Å². The van der Waals surface area contributed by atoms with Crippen molar-refractivity contribution in [3.8, 4) is 0 Å². The van der Waals surface area contributed by atoms with Crippen molar-refractivity contribution in [1.82, 2.24) is 14.3 Å². The summed E-state index contributed by atoms with van der Waals surface area (Å²) in [6.45, 7) is 1.90. The number of hydrogen-bond acceptors (Lipinski definition) is 3. The van der Waals surface area contributed by atoms with E-state index < -0.39 is 21.8 Å². The molecule has 0 radical (unpaired) electrons. The Morgan fingerprint density at radius 1 is 1.06 bits per heavy atom. The monoisotopic (exact) mass is 463 g/mol. The van der Waals surface area contributed by atoms with Crippen LogP contribution in [0.1, 0.15) is 40.3 Å². The van der Waals surface area contributed by atoms with Crippen molar-refractivity contribution in [2.24, 2.45) is 0 Å². The topological polar surface area (TPSA) is 64.0 Å². The number of rotatable bonds is 7. The number of hydrogen-bond donors (Lipinski definition) is 1. The van der Waals surface area contributed by atoms with Crippen molar-refractivity contribution in [2.45, 2.75) is 44.9 Å². The highest BCUT2D eigenvalue weighted by atomic mass is 32.2. The van der Waals surface area contributed by atoms with E-state index in [-0.39, 0.29) is 11.8 Å². The first-order chi connectivity index (χ1) is 15.1. The normalized spacial score (nSPS) is 16.3. The van der Waals surface area contributed by atoms with Crippen LogP contribution in [0.25, 0.3) is 0 Å². The van der Waals surface area contributed by atoms with E-state index in [4.69, 9.17) is 0 Å². The summed E-state index contributed by atoms with van der Waals surface area (Å²) in [6, 6.07) is 9.82. The van der Waals surface area contributed by atoms with Crippen LogP contribution in [0.15, 0.2) is 55.1 Å². The second-order valence-corrected chi connectivity index (χ2v) is 10.2. The van der Waals surface area contributed by atoms with E-state index in [0.29, 0.717) is 36.9 Å². The van der Waals surface area contributed by atoms with Gasteiger partial charge in [-0.3, -0.25) is 0 Å². The molecule has 3 aromatic rings. The number of benzene rings is 2. The van der Waals surface area contributed by atoms with Gasteiger partial charge in [-0.15, -0.1) is 0 Å². The Labute approximate surface area is 185 Å². The molecule has 9 heteroatoms. The Morgan fingerprint density at radius 2 is 1.81 bits per heavy atom. The van der Waals surface area contributed by atoms with Crippen molar-refractivity contribution >= 4 is 10.0 Å². The standard InChI is InChI=1S/C23H24F3N3O2S/c1-2-32(30,31)28-22-12-19-4-3-16(9-20(19)13-22)7-17-8-18(14-29-6-5-27-15-29)11-21(10-17)23(24,25)26/h3-6,8-11,15,22,28H,2,7,12-14H2,1H3/t22-/m0/s1. The van der Waals surface area contributed by atoms with E-state index in [1.165, 1.54) is 12.1 Å². The van der Waals surface area contributed by atoms with Gasteiger partial charge >= 0.3 is 6.18 Å². The molecule has 0 saturated heterocycles. The number of nitrogens with zero attached hydrogens (tertiary/aromatic N) is 2. The summed E-state index contributed by atoms with van der Waals surface area (Å²) in [7, 11) is -3.29. The van der Waals surface area contributed by atoms with Crippen molar-refractivity contribution < 1.29 is 21.6 Å². The van der Waals surface area contributed by atoms with Gasteiger partial charge in [-0.25, -0.2) is 18.1 Å². The van der Waals surface area contributed by atoms with Gasteiger partial charge in [0.25, 0.3) is 0 Å². The van der Waals surface area contributed by atoms with E-state index in [2.05, 4.69) is 9.71 Å². The molecule has 2 aromatic carbocycles. The summed E-state index contributed by atoms with van der Waals surface area (Å²) in [5.74, 6) is 0.0298. The first-order valence-corrected chi connectivity index (χ1v) is 12.0. The summed E-state index contributed by atoms with van der Waals surface area (Å²) in [5, 5.41) is 0. The van der Waals surface area contributed by atoms with Crippen LogP contribution < -0.4 is 4.72 Å². The molecule has 0 spiro atoms. The molecule has 0 fully saturated rings. The highest BCUT2D eigenvalue weighted by Gasteiger charge is 2.31. The van der Waals surface area contributed by atoms with Crippen molar-refractivity contribution in [3.63, 3.8) is 0 Å². The second-order valence-electron chi connectivity index (χ2n) is 8.18. The van der Waals surface area contributed by atoms with Gasteiger partial charge in [-0.1, -0.05) is 24.3 Å². The molecule has 1 aromatic heterocycles. The Morgan fingerprint density at radius 3 is 2.50 bits per heavy atom. The lowest BCUT2D eigenvalue weighted by Gasteiger charge is -2.13. The summed E-state index contributed by atoms with van der Waals surface area (Å²) in [6.07, 6.45) is 2.01. The van der Waals surface area contributed by atoms with Gasteiger partial charge in [0.05, 0.1) is 17.6 Å². The van der Waals surface area contributed by atoms with Crippen LogP contribution in [0.2, 0.25) is 0 Å². The maximum Gasteiger partial charge on any atom is 0.416 e. The summed E-state index contributed by atoms with van der Waals surface area (Å²) >= 11 is 0. The average Bonchev–Trinajstić information content (AvgIpc) is 3.35. The van der Waals surface area contributed by atoms with Gasteiger partial charge in [0.1, 0.15) is 0 Å². The molecule has 1 aliphatic carbocycles. The van der Waals surface area contributed by atoms with Crippen molar-refractivity contribution in [3.05, 3.63) is 88.5 Å². The lowest BCUT2D eigenvalue weighted by molar-refractivity contribution is -0.137. The third-order valence-corrected chi connectivity index (χ3v) is 7.09. The maximum atomic E-state index is 13.5. The molecule has 4 rings (SSSR count). The molecule has 0 aliphatic heterocycles. The van der Waals surface area contributed by atoms with Crippen LogP contribution in [0.4, 0.5) is 13.2 Å². The molecule has 170 valence electrons. The van der Waals surface area contributed by atoms with Crippen LogP contribution in [0.3, 0.4) is 0 Å². The van der Waals surface area contributed by atoms with Crippen molar-refractivity contribution in [2.75, 3.05) is 5.75 Å². The molecule has 0 bridgehead atoms. The van der Waals surface area contributed by atoms with Crippen LogP contribution in [-0.4, -0.2) is 29.8 Å². The Kier molecular flexibility index (Phi) is 6.13. The number of aromatic nitrogens is 2. The number of imidazole rings is 1. The molecule has 0 saturated carbocycles. The number of sulfonamides is 1. The number of nitrogens with one attached hydrogen (secondary N) is 1. The Bertz CT molecular complexity index is 1210. The largest absolute Gasteiger partial charge is 0.416 e. The first kappa shape index (κ1) is 22.5. The zero-order valence-corrected chi connectivity index (χ0v) is 18.4. The molecule has 1 atom stereocenters. The molecule has 0 amide bonds. The fourth-order valence-electron chi connectivity index (χ4n) is 4.15. The molecule has 5 nitrogen and oxygen atoms in total. The molecule has 32 heavy (non-hydrogen) atoms. The predicted octanol–water partition coefficient (Wildman–Crippen LogP) is 3.95. The van der Waals surface area contributed by atoms with E-state index in [1.54, 1.807) is 36.3 Å². The lowest BCUT2D eigenvalue weighted by atomic mass is 9.97. The number of halogens is 3. The SMILES string of the molecule is CCS(=O)(=O)N[C@H]1Cc2ccc(Cc3cc(Cn4ccnc4)cc(C(F)(F)F)c3)cc2C1. The quantitative estimate of drug-likeness (QED) is 0.577. The highest BCUT2D eigenvalue weighted by molar-refractivity contribution is 7.89. The zero-order valence-electron chi connectivity index (χ0n) is 17.6. The minimum Gasteiger partial charge on any atom is -0.333 e. The molecular weight excluding hydrogens is 439 g/mol. The van der Waals surface area contributed by atoms with Crippen LogP contribution in [0.5, 0.6) is 0 Å². The predicted molar refractivity (Wildman–Crippen MR) is 116 cm³/mol. The van der Waals surface area contributed by atoms with Gasteiger partial charge in [-0.2, -0.15) is 13.2 Å². The van der Waals surface area contributed by atoms with Crippen molar-refractivity contribution in [1.29, 1.82) is 0 Å². The van der Waals surface area contributed by atoms with Crippen LogP contribution in [0, 0.1) is 0 Å². The third-order valence-electron chi connectivity index (χ3n) is 5.64. The first-order valence-electron chi connectivity index (χ1n) is 10.4. The molecular formula is C23H24F3N3O2S. The van der Waals surface area contributed by atoms with Crippen LogP contribution in [-0.2, 0) is 42.0 Å². The fraction of sp³-hybridized carbons (Fsp3) is 0.348. The maximum absolute atomic E-state index is 13.5. The van der Waals surface area contributed by atoms with E-state index >= 15 is 0 Å². The smallest absolute Gasteiger partial charge is 0.333 e. The minimum atomic E-state index is -4.43. The summed E-state index contributed by atoms with van der Waals surface area (Å²) in [4.78, 5) is 3.94. The van der Waals surface area contributed by atoms with Gasteiger partial charge in [0, 0.05) is 25.0 Å². The van der Waals surface area contributed by atoms with Gasteiger partial charge in [-0.05, 0) is 66.1 Å². The summed E-state index contributed by atoms with van der Waals surface area (Å²) in [5.41, 5.74) is 3.48. The Balaban J connectivity index is 1.56. The molecule has 0 unspecified atom stereocenters. The minimum absolute atomic E-state index is 0.0298. The second kappa shape index (κ2) is 8.71. The Hall–Kier alpha value is -2.65. The van der Waals surface area contributed by atoms with E-state index in [0.717, 1.165) is 16.7 Å². The molecule has 1 heterocycles. The molecule has 1 aliphatic rings. The van der Waals surface area contributed by atoms with E-state index in [9.17, 15) is 21.6 Å². The lowest BCUT2D eigenvalue weighted by Crippen LogP contribution is -2.36. The van der Waals surface area contributed by atoms with Crippen LogP contribution >= 0.6 is 0 Å². The van der Waals surface area contributed by atoms with Gasteiger partial charge in [0.2, 0.25) is 10.0 Å². The third kappa shape index (κ3) is 5.39. The molecule has 1 N–H and O–H groups in total. The number of fused-ring (bicyclic) bond motifs is 1.